The van der Waals surface area contributed by atoms with Crippen LogP contribution in [0.4, 0.5) is 10.5 Å². The van der Waals surface area contributed by atoms with Crippen LogP contribution in [-0.4, -0.2) is 39.4 Å². The predicted molar refractivity (Wildman–Crippen MR) is 159 cm³/mol. The number of hydrogen-bond donors (Lipinski definition) is 2. The molecule has 40 heavy (non-hydrogen) atoms. The van der Waals surface area contributed by atoms with Gasteiger partial charge < -0.3 is 10.6 Å². The zero-order valence-corrected chi connectivity index (χ0v) is 24.4. The highest BCUT2D eigenvalue weighted by atomic mass is 35.5. The minimum Gasteiger partial charge on any atom is -0.326 e. The first kappa shape index (κ1) is 29.2. The summed E-state index contributed by atoms with van der Waals surface area (Å²) in [7, 11) is 0. The molecule has 1 fully saturated rings. The van der Waals surface area contributed by atoms with Crippen LogP contribution in [0.3, 0.4) is 0 Å². The molecule has 3 atom stereocenters. The van der Waals surface area contributed by atoms with E-state index in [9.17, 15) is 14.4 Å². The number of halogens is 1. The van der Waals surface area contributed by atoms with Crippen molar-refractivity contribution in [3.05, 3.63) is 101 Å². The molecule has 8 heteroatoms. The van der Waals surface area contributed by atoms with Gasteiger partial charge in [0.05, 0.1) is 11.6 Å². The number of nitrogens with one attached hydrogen (secondary N) is 2. The van der Waals surface area contributed by atoms with Gasteiger partial charge in [-0.1, -0.05) is 66.2 Å². The van der Waals surface area contributed by atoms with Crippen LogP contribution in [0.5, 0.6) is 0 Å². The van der Waals surface area contributed by atoms with Gasteiger partial charge in [0.1, 0.15) is 6.04 Å². The number of carbonyl (C=O) groups is 3. The van der Waals surface area contributed by atoms with Gasteiger partial charge in [0.15, 0.2) is 0 Å². The molecule has 1 saturated heterocycles. The fourth-order valence-electron chi connectivity index (χ4n) is 5.48. The van der Waals surface area contributed by atoms with E-state index >= 15 is 0 Å². The van der Waals surface area contributed by atoms with Crippen molar-refractivity contribution in [2.45, 2.75) is 71.0 Å². The summed E-state index contributed by atoms with van der Waals surface area (Å²) in [5.74, 6) is -0.683. The molecule has 0 saturated carbocycles. The summed E-state index contributed by atoms with van der Waals surface area (Å²) in [6, 6.07) is 23.0. The summed E-state index contributed by atoms with van der Waals surface area (Å²) < 4.78 is 0. The Bertz CT molecular complexity index is 1350. The minimum atomic E-state index is -0.878. The van der Waals surface area contributed by atoms with Gasteiger partial charge in [0, 0.05) is 17.6 Å². The number of aryl methyl sites for hydroxylation is 1. The number of carbonyl (C=O) groups excluding carboxylic acids is 3. The second-order valence-electron chi connectivity index (χ2n) is 11.4. The maximum atomic E-state index is 14.5. The van der Waals surface area contributed by atoms with E-state index in [4.69, 9.17) is 11.6 Å². The van der Waals surface area contributed by atoms with Crippen molar-refractivity contribution >= 4 is 35.1 Å². The van der Waals surface area contributed by atoms with Gasteiger partial charge in [-0.15, -0.1) is 0 Å². The van der Waals surface area contributed by atoms with Crippen LogP contribution in [0.15, 0.2) is 78.9 Å². The van der Waals surface area contributed by atoms with E-state index in [0.717, 1.165) is 16.7 Å². The molecule has 0 spiro atoms. The first-order valence-corrected chi connectivity index (χ1v) is 13.9. The molecule has 0 aliphatic carbocycles. The van der Waals surface area contributed by atoms with Crippen LogP contribution < -0.4 is 10.6 Å². The summed E-state index contributed by atoms with van der Waals surface area (Å²) in [5.41, 5.74) is 2.86. The van der Waals surface area contributed by atoms with Crippen LogP contribution in [0.25, 0.3) is 0 Å². The fourth-order valence-corrected chi connectivity index (χ4v) is 5.60. The summed E-state index contributed by atoms with van der Waals surface area (Å²) >= 11 is 6.22. The third kappa shape index (κ3) is 6.83. The Morgan fingerprint density at radius 2 is 1.60 bits per heavy atom. The molecule has 4 rings (SSSR count). The molecular formula is C32H37ClN4O3. The third-order valence-corrected chi connectivity index (χ3v) is 7.36. The summed E-state index contributed by atoms with van der Waals surface area (Å²) in [4.78, 5) is 40.8. The second kappa shape index (κ2) is 12.1. The average molecular weight is 561 g/mol. The number of hydrazine groups is 1. The fraction of sp³-hybridized carbons (Fsp3) is 0.344. The van der Waals surface area contributed by atoms with E-state index in [0.29, 0.717) is 23.6 Å². The molecule has 1 heterocycles. The van der Waals surface area contributed by atoms with E-state index in [1.165, 1.54) is 11.9 Å². The normalized spacial score (nSPS) is 19.5. The minimum absolute atomic E-state index is 0.0751. The number of amides is 4. The molecular weight excluding hydrogens is 524 g/mol. The number of anilines is 1. The topological polar surface area (TPSA) is 81.8 Å². The van der Waals surface area contributed by atoms with Crippen molar-refractivity contribution in [1.29, 1.82) is 0 Å². The quantitative estimate of drug-likeness (QED) is 0.358. The van der Waals surface area contributed by atoms with Crippen LogP contribution in [0, 0.1) is 6.92 Å². The molecule has 0 bridgehead atoms. The summed E-state index contributed by atoms with van der Waals surface area (Å²) in [5, 5.41) is 9.46. The van der Waals surface area contributed by atoms with Gasteiger partial charge in [-0.3, -0.25) is 9.59 Å². The first-order chi connectivity index (χ1) is 18.9. The number of nitrogens with zero attached hydrogens (tertiary/aromatic N) is 2. The maximum absolute atomic E-state index is 14.5. The Morgan fingerprint density at radius 1 is 0.925 bits per heavy atom. The third-order valence-electron chi connectivity index (χ3n) is 7.10. The monoisotopic (exact) mass is 560 g/mol. The van der Waals surface area contributed by atoms with Gasteiger partial charge in [0.2, 0.25) is 5.91 Å². The Balaban J connectivity index is 1.79. The van der Waals surface area contributed by atoms with E-state index in [1.807, 2.05) is 88.4 Å². The van der Waals surface area contributed by atoms with Gasteiger partial charge in [0.25, 0.3) is 5.91 Å². The van der Waals surface area contributed by atoms with Crippen molar-refractivity contribution < 1.29 is 14.4 Å². The largest absolute Gasteiger partial charge is 0.326 e. The van der Waals surface area contributed by atoms with Gasteiger partial charge >= 0.3 is 6.03 Å². The van der Waals surface area contributed by atoms with Gasteiger partial charge in [-0.05, 0) is 87.4 Å². The Kier molecular flexibility index (Phi) is 8.84. The molecule has 3 aromatic rings. The predicted octanol–water partition coefficient (Wildman–Crippen LogP) is 6.85. The van der Waals surface area contributed by atoms with E-state index < -0.39 is 23.7 Å². The Labute approximate surface area is 241 Å². The number of rotatable bonds is 5. The van der Waals surface area contributed by atoms with Crippen molar-refractivity contribution in [1.82, 2.24) is 15.3 Å². The zero-order valence-electron chi connectivity index (χ0n) is 23.6. The second-order valence-corrected chi connectivity index (χ2v) is 11.8. The number of benzene rings is 3. The highest BCUT2D eigenvalue weighted by Crippen LogP contribution is 2.41. The number of hydrogen-bond acceptors (Lipinski definition) is 3. The van der Waals surface area contributed by atoms with Crippen molar-refractivity contribution in [2.75, 3.05) is 5.32 Å². The highest BCUT2D eigenvalue weighted by molar-refractivity contribution is 6.30. The first-order valence-electron chi connectivity index (χ1n) is 13.5. The Hall–Kier alpha value is -3.84. The molecule has 7 nitrogen and oxygen atoms in total. The number of urea groups is 1. The van der Waals surface area contributed by atoms with E-state index in [2.05, 4.69) is 10.6 Å². The van der Waals surface area contributed by atoms with Gasteiger partial charge in [-0.2, -0.15) is 0 Å². The maximum Gasteiger partial charge on any atom is 0.319 e. The summed E-state index contributed by atoms with van der Waals surface area (Å²) in [6.07, 6.45) is 0.926. The van der Waals surface area contributed by atoms with Crippen LogP contribution >= 0.6 is 11.6 Å². The highest BCUT2D eigenvalue weighted by Gasteiger charge is 2.45. The molecule has 2 N–H and O–H groups in total. The zero-order chi connectivity index (χ0) is 29.0. The molecule has 0 aromatic heterocycles. The van der Waals surface area contributed by atoms with Gasteiger partial charge in [-0.25, -0.2) is 14.8 Å². The van der Waals surface area contributed by atoms with Crippen LogP contribution in [0.1, 0.15) is 69.2 Å². The molecule has 210 valence electrons. The molecule has 1 aliphatic rings. The Morgan fingerprint density at radius 3 is 2.20 bits per heavy atom. The lowest BCUT2D eigenvalue weighted by Crippen LogP contribution is -2.61. The van der Waals surface area contributed by atoms with E-state index in [-0.39, 0.29) is 17.7 Å². The lowest BCUT2D eigenvalue weighted by Gasteiger charge is -2.47. The van der Waals surface area contributed by atoms with Crippen LogP contribution in [-0.2, 0) is 9.59 Å². The lowest BCUT2D eigenvalue weighted by atomic mass is 9.86. The lowest BCUT2D eigenvalue weighted by molar-refractivity contribution is -0.181. The van der Waals surface area contributed by atoms with Crippen molar-refractivity contribution in [2.24, 2.45) is 0 Å². The molecule has 4 amide bonds. The average Bonchev–Trinajstić information content (AvgIpc) is 3.01. The standard InChI is InChI=1S/C32H37ClN4O3/c1-21-10-9-13-27(18-21)34-31(40)35-28-19-25(23-11-7-6-8-12-23)20-29(24-14-16-26(33)17-15-24)36(30(28)39)37(22(2)38)32(3,4)5/h6-18,25,28-29H,19-20H2,1-5H3,(H2,34,35,40). The molecule has 1 aliphatic heterocycles. The summed E-state index contributed by atoms with van der Waals surface area (Å²) in [6.45, 7) is 9.09. The SMILES string of the molecule is CC(=O)N(N1C(=O)C(NC(=O)Nc2cccc(C)c2)CC(c2ccccc2)CC1c1ccc(Cl)cc1)C(C)(C)C. The van der Waals surface area contributed by atoms with Crippen molar-refractivity contribution in [3.8, 4) is 0 Å². The molecule has 3 unspecified atom stereocenters. The van der Waals surface area contributed by atoms with E-state index in [1.54, 1.807) is 23.2 Å². The van der Waals surface area contributed by atoms with Crippen LogP contribution in [0.2, 0.25) is 5.02 Å². The molecule has 3 aromatic carbocycles. The molecule has 0 radical (unpaired) electrons. The van der Waals surface area contributed by atoms with Crippen molar-refractivity contribution in [3.63, 3.8) is 0 Å². The smallest absolute Gasteiger partial charge is 0.319 e.